The summed E-state index contributed by atoms with van der Waals surface area (Å²) in [5.41, 5.74) is 0.579. The average Bonchev–Trinajstić information content (AvgIpc) is 2.60. The van der Waals surface area contributed by atoms with Crippen LogP contribution >= 0.6 is 10.7 Å². The Morgan fingerprint density at radius 2 is 2.23 bits per heavy atom. The fraction of sp³-hybridized carbons (Fsp3) is 0.571. The van der Waals surface area contributed by atoms with Crippen LogP contribution in [0, 0.1) is 0 Å². The molecule has 4 nitrogen and oxygen atoms in total. The van der Waals surface area contributed by atoms with Gasteiger partial charge in [-0.25, -0.2) is 8.42 Å². The quantitative estimate of drug-likeness (QED) is 0.767. The standard InChI is InChI=1S/C7H9ClN2O2S/c1-7(2-3-7)6-5(4-9-10-6)13(8,11)12/h4H,2-3H2,1H3,(H,9,10). The van der Waals surface area contributed by atoms with E-state index in [0.29, 0.717) is 5.69 Å². The van der Waals surface area contributed by atoms with Gasteiger partial charge in [0.15, 0.2) is 0 Å². The van der Waals surface area contributed by atoms with Gasteiger partial charge in [0, 0.05) is 16.1 Å². The molecule has 0 amide bonds. The van der Waals surface area contributed by atoms with E-state index in [0.717, 1.165) is 12.8 Å². The summed E-state index contributed by atoms with van der Waals surface area (Å²) in [6, 6.07) is 0. The lowest BCUT2D eigenvalue weighted by Crippen LogP contribution is -2.05. The number of nitrogens with one attached hydrogen (secondary N) is 1. The summed E-state index contributed by atoms with van der Waals surface area (Å²) in [6.07, 6.45) is 3.23. The van der Waals surface area contributed by atoms with Crippen molar-refractivity contribution in [2.75, 3.05) is 0 Å². The van der Waals surface area contributed by atoms with Gasteiger partial charge in [-0.1, -0.05) is 6.92 Å². The first-order valence-electron chi connectivity index (χ1n) is 3.92. The summed E-state index contributed by atoms with van der Waals surface area (Å²) in [5, 5.41) is 6.41. The molecule has 0 spiro atoms. The number of H-pyrrole nitrogens is 1. The third-order valence-corrected chi connectivity index (χ3v) is 3.80. The van der Waals surface area contributed by atoms with Crippen LogP contribution in [-0.4, -0.2) is 18.6 Å². The van der Waals surface area contributed by atoms with Gasteiger partial charge in [-0.2, -0.15) is 5.10 Å². The van der Waals surface area contributed by atoms with E-state index in [4.69, 9.17) is 10.7 Å². The molecule has 13 heavy (non-hydrogen) atoms. The molecule has 72 valence electrons. The highest BCUT2D eigenvalue weighted by Crippen LogP contribution is 2.48. The lowest BCUT2D eigenvalue weighted by Gasteiger charge is -2.05. The van der Waals surface area contributed by atoms with Crippen LogP contribution in [0.4, 0.5) is 0 Å². The van der Waals surface area contributed by atoms with E-state index >= 15 is 0 Å². The van der Waals surface area contributed by atoms with E-state index in [1.165, 1.54) is 6.20 Å². The van der Waals surface area contributed by atoms with Gasteiger partial charge in [0.2, 0.25) is 0 Å². The molecule has 0 atom stereocenters. The summed E-state index contributed by atoms with van der Waals surface area (Å²) in [5.74, 6) is 0. The van der Waals surface area contributed by atoms with E-state index in [9.17, 15) is 8.42 Å². The molecule has 0 radical (unpaired) electrons. The summed E-state index contributed by atoms with van der Waals surface area (Å²) in [6.45, 7) is 1.99. The molecule has 0 unspecified atom stereocenters. The maximum Gasteiger partial charge on any atom is 0.264 e. The first-order valence-corrected chi connectivity index (χ1v) is 6.23. The van der Waals surface area contributed by atoms with E-state index in [1.807, 2.05) is 6.92 Å². The van der Waals surface area contributed by atoms with E-state index < -0.39 is 9.05 Å². The van der Waals surface area contributed by atoms with Crippen molar-refractivity contribution < 1.29 is 8.42 Å². The highest BCUT2D eigenvalue weighted by Gasteiger charge is 2.44. The third kappa shape index (κ3) is 1.46. The van der Waals surface area contributed by atoms with Crippen molar-refractivity contribution in [3.8, 4) is 0 Å². The molecule has 1 aliphatic rings. The Hall–Kier alpha value is -0.550. The molecule has 6 heteroatoms. The van der Waals surface area contributed by atoms with Gasteiger partial charge in [-0.3, -0.25) is 5.10 Å². The maximum atomic E-state index is 11.1. The first-order chi connectivity index (χ1) is 5.93. The van der Waals surface area contributed by atoms with Crippen LogP contribution in [0.1, 0.15) is 25.5 Å². The normalized spacial score (nSPS) is 20.2. The second-order valence-electron chi connectivity index (χ2n) is 3.61. The molecule has 1 aromatic heterocycles. The Balaban J connectivity index is 2.55. The zero-order chi connectivity index (χ0) is 9.69. The molecule has 0 aliphatic heterocycles. The Bertz CT molecular complexity index is 433. The predicted octanol–water partition coefficient (Wildman–Crippen LogP) is 1.39. The van der Waals surface area contributed by atoms with E-state index in [1.54, 1.807) is 0 Å². The van der Waals surface area contributed by atoms with E-state index in [-0.39, 0.29) is 10.3 Å². The minimum atomic E-state index is -3.65. The molecule has 0 bridgehead atoms. The SMILES string of the molecule is CC1(c2[nH]ncc2S(=O)(=O)Cl)CC1. The van der Waals surface area contributed by atoms with Gasteiger partial charge in [0.05, 0.1) is 11.9 Å². The highest BCUT2D eigenvalue weighted by atomic mass is 35.7. The Morgan fingerprint density at radius 1 is 1.62 bits per heavy atom. The third-order valence-electron chi connectivity index (χ3n) is 2.47. The van der Waals surface area contributed by atoms with Crippen molar-refractivity contribution in [2.24, 2.45) is 0 Å². The molecule has 1 heterocycles. The smallest absolute Gasteiger partial charge is 0.264 e. The molecule has 1 aromatic rings. The number of hydrogen-bond acceptors (Lipinski definition) is 3. The Kier molecular flexibility index (Phi) is 1.72. The number of rotatable bonds is 2. The Morgan fingerprint density at radius 3 is 2.69 bits per heavy atom. The molecule has 1 N–H and O–H groups in total. The van der Waals surface area contributed by atoms with Crippen LogP contribution in [0.2, 0.25) is 0 Å². The summed E-state index contributed by atoms with van der Waals surface area (Å²) < 4.78 is 22.2. The largest absolute Gasteiger partial charge is 0.281 e. The number of nitrogens with zero attached hydrogens (tertiary/aromatic N) is 1. The number of aromatic amines is 1. The zero-order valence-corrected chi connectivity index (χ0v) is 8.61. The van der Waals surface area contributed by atoms with Gasteiger partial charge in [0.25, 0.3) is 9.05 Å². The van der Waals surface area contributed by atoms with Crippen LogP contribution in [0.15, 0.2) is 11.1 Å². The van der Waals surface area contributed by atoms with Crippen molar-refractivity contribution >= 4 is 19.7 Å². The van der Waals surface area contributed by atoms with Crippen molar-refractivity contribution in [3.63, 3.8) is 0 Å². The second kappa shape index (κ2) is 2.48. The molecule has 2 rings (SSSR count). The van der Waals surface area contributed by atoms with Crippen molar-refractivity contribution in [1.29, 1.82) is 0 Å². The van der Waals surface area contributed by atoms with Crippen LogP contribution in [0.5, 0.6) is 0 Å². The lowest BCUT2D eigenvalue weighted by molar-refractivity contribution is 0.605. The monoisotopic (exact) mass is 220 g/mol. The molecule has 0 aromatic carbocycles. The highest BCUT2D eigenvalue weighted by molar-refractivity contribution is 8.13. The zero-order valence-electron chi connectivity index (χ0n) is 7.04. The second-order valence-corrected chi connectivity index (χ2v) is 6.14. The fourth-order valence-electron chi connectivity index (χ4n) is 1.33. The predicted molar refractivity (Wildman–Crippen MR) is 48.2 cm³/mol. The van der Waals surface area contributed by atoms with Gasteiger partial charge >= 0.3 is 0 Å². The van der Waals surface area contributed by atoms with Crippen LogP contribution in [0.3, 0.4) is 0 Å². The van der Waals surface area contributed by atoms with Crippen LogP contribution in [0.25, 0.3) is 0 Å². The molecular weight excluding hydrogens is 212 g/mol. The topological polar surface area (TPSA) is 62.8 Å². The number of aromatic nitrogens is 2. The van der Waals surface area contributed by atoms with Gasteiger partial charge in [-0.05, 0) is 12.8 Å². The minimum absolute atomic E-state index is 0.0617. The lowest BCUT2D eigenvalue weighted by atomic mass is 10.1. The molecule has 0 saturated heterocycles. The first kappa shape index (κ1) is 9.02. The minimum Gasteiger partial charge on any atom is -0.281 e. The summed E-state index contributed by atoms with van der Waals surface area (Å²) in [4.78, 5) is 0.120. The molecule has 1 saturated carbocycles. The molecular formula is C7H9ClN2O2S. The number of halogens is 1. The van der Waals surface area contributed by atoms with Crippen molar-refractivity contribution in [2.45, 2.75) is 30.1 Å². The molecule has 1 fully saturated rings. The van der Waals surface area contributed by atoms with Gasteiger partial charge in [-0.15, -0.1) is 0 Å². The Labute approximate surface area is 80.7 Å². The number of hydrogen-bond donors (Lipinski definition) is 1. The summed E-state index contributed by atoms with van der Waals surface area (Å²) in [7, 11) is 1.60. The molecule has 1 aliphatic carbocycles. The van der Waals surface area contributed by atoms with Gasteiger partial charge in [0.1, 0.15) is 4.90 Å². The summed E-state index contributed by atoms with van der Waals surface area (Å²) >= 11 is 0. The average molecular weight is 221 g/mol. The van der Waals surface area contributed by atoms with E-state index in [2.05, 4.69) is 10.2 Å². The van der Waals surface area contributed by atoms with Crippen molar-refractivity contribution in [3.05, 3.63) is 11.9 Å². The van der Waals surface area contributed by atoms with Crippen molar-refractivity contribution in [1.82, 2.24) is 10.2 Å². The van der Waals surface area contributed by atoms with Crippen LogP contribution in [-0.2, 0) is 14.5 Å². The fourth-order valence-corrected chi connectivity index (χ4v) is 2.40. The van der Waals surface area contributed by atoms with Crippen LogP contribution < -0.4 is 0 Å². The maximum absolute atomic E-state index is 11.1. The van der Waals surface area contributed by atoms with Gasteiger partial charge < -0.3 is 0 Å².